The van der Waals surface area contributed by atoms with Gasteiger partial charge in [-0.1, -0.05) is 6.07 Å². The van der Waals surface area contributed by atoms with Gasteiger partial charge in [0, 0.05) is 43.2 Å². The van der Waals surface area contributed by atoms with E-state index in [1.807, 2.05) is 12.1 Å². The van der Waals surface area contributed by atoms with E-state index in [1.165, 1.54) is 6.07 Å². The molecule has 2 amide bonds. The Labute approximate surface area is 187 Å². The van der Waals surface area contributed by atoms with Crippen LogP contribution >= 0.6 is 0 Å². The first kappa shape index (κ1) is 22.3. The molecule has 0 aliphatic carbocycles. The number of hydrogen-bond acceptors (Lipinski definition) is 4. The molecular formula is C25H29FN2O4. The van der Waals surface area contributed by atoms with Crippen LogP contribution in [0.3, 0.4) is 0 Å². The van der Waals surface area contributed by atoms with Crippen LogP contribution in [0.4, 0.5) is 4.39 Å². The highest BCUT2D eigenvalue weighted by molar-refractivity contribution is 5.95. The number of ether oxygens (including phenoxy) is 2. The predicted molar refractivity (Wildman–Crippen MR) is 118 cm³/mol. The first-order valence-corrected chi connectivity index (χ1v) is 11.2. The molecule has 0 aromatic heterocycles. The summed E-state index contributed by atoms with van der Waals surface area (Å²) >= 11 is 0. The van der Waals surface area contributed by atoms with Gasteiger partial charge >= 0.3 is 0 Å². The van der Waals surface area contributed by atoms with Gasteiger partial charge in [-0.2, -0.15) is 0 Å². The molecule has 2 aromatic carbocycles. The lowest BCUT2D eigenvalue weighted by Crippen LogP contribution is -2.41. The minimum atomic E-state index is -0.358. The number of carbonyl (C=O) groups is 2. The highest BCUT2D eigenvalue weighted by Crippen LogP contribution is 2.22. The summed E-state index contributed by atoms with van der Waals surface area (Å²) in [7, 11) is 0. The van der Waals surface area contributed by atoms with E-state index in [2.05, 4.69) is 0 Å². The quantitative estimate of drug-likeness (QED) is 0.714. The van der Waals surface area contributed by atoms with E-state index in [1.54, 1.807) is 41.0 Å². The summed E-state index contributed by atoms with van der Waals surface area (Å²) in [5.41, 5.74) is 1.55. The van der Waals surface area contributed by atoms with Crippen molar-refractivity contribution < 1.29 is 23.5 Å². The molecule has 7 heteroatoms. The average Bonchev–Trinajstić information content (AvgIpc) is 2.84. The van der Waals surface area contributed by atoms with Crippen LogP contribution in [0, 0.1) is 18.7 Å². The Morgan fingerprint density at radius 3 is 2.41 bits per heavy atom. The maximum absolute atomic E-state index is 13.9. The lowest BCUT2D eigenvalue weighted by molar-refractivity contribution is 0.0303. The van der Waals surface area contributed by atoms with Gasteiger partial charge in [-0.15, -0.1) is 0 Å². The molecule has 0 spiro atoms. The molecule has 0 unspecified atom stereocenters. The average molecular weight is 441 g/mol. The van der Waals surface area contributed by atoms with E-state index >= 15 is 0 Å². The van der Waals surface area contributed by atoms with E-state index < -0.39 is 0 Å². The van der Waals surface area contributed by atoms with Gasteiger partial charge in [-0.3, -0.25) is 9.59 Å². The molecule has 32 heavy (non-hydrogen) atoms. The van der Waals surface area contributed by atoms with E-state index in [4.69, 9.17) is 9.47 Å². The van der Waals surface area contributed by atoms with Crippen LogP contribution in [0.5, 0.6) is 5.75 Å². The fourth-order valence-corrected chi connectivity index (χ4v) is 4.15. The number of likely N-dealkylation sites (tertiary alicyclic amines) is 1. The summed E-state index contributed by atoms with van der Waals surface area (Å²) in [5, 5.41) is 0. The Bertz CT molecular complexity index is 957. The maximum Gasteiger partial charge on any atom is 0.254 e. The minimum absolute atomic E-state index is 0.00817. The van der Waals surface area contributed by atoms with Crippen LogP contribution in [-0.4, -0.2) is 67.6 Å². The second-order valence-electron chi connectivity index (χ2n) is 8.46. The van der Waals surface area contributed by atoms with Gasteiger partial charge in [0.2, 0.25) is 0 Å². The number of carbonyl (C=O) groups excluding carboxylic acids is 2. The Kier molecular flexibility index (Phi) is 7.05. The Balaban J connectivity index is 1.30. The number of nitrogens with zero attached hydrogens (tertiary/aromatic N) is 2. The molecule has 0 radical (unpaired) electrons. The second-order valence-corrected chi connectivity index (χ2v) is 8.46. The molecule has 0 saturated carbocycles. The summed E-state index contributed by atoms with van der Waals surface area (Å²) < 4.78 is 25.1. The van der Waals surface area contributed by atoms with Gasteiger partial charge in [0.15, 0.2) is 0 Å². The van der Waals surface area contributed by atoms with Crippen molar-refractivity contribution >= 4 is 11.8 Å². The number of amides is 2. The third kappa shape index (κ3) is 5.27. The molecule has 4 rings (SSSR count). The van der Waals surface area contributed by atoms with Gasteiger partial charge in [0.1, 0.15) is 11.6 Å². The van der Waals surface area contributed by atoms with Crippen molar-refractivity contribution in [2.75, 3.05) is 46.0 Å². The smallest absolute Gasteiger partial charge is 0.254 e. The van der Waals surface area contributed by atoms with E-state index in [0.29, 0.717) is 68.4 Å². The van der Waals surface area contributed by atoms with Crippen molar-refractivity contribution in [2.45, 2.75) is 19.8 Å². The molecule has 170 valence electrons. The van der Waals surface area contributed by atoms with E-state index in [0.717, 1.165) is 12.8 Å². The third-order valence-electron chi connectivity index (χ3n) is 6.11. The molecule has 1 atom stereocenters. The Morgan fingerprint density at radius 2 is 1.69 bits per heavy atom. The second kappa shape index (κ2) is 10.1. The van der Waals surface area contributed by atoms with E-state index in [9.17, 15) is 14.0 Å². The van der Waals surface area contributed by atoms with Crippen LogP contribution in [0.1, 0.15) is 39.1 Å². The van der Waals surface area contributed by atoms with Crippen molar-refractivity contribution in [3.8, 4) is 5.75 Å². The summed E-state index contributed by atoms with van der Waals surface area (Å²) in [6.07, 6.45) is 1.86. The molecule has 0 N–H and O–H groups in total. The van der Waals surface area contributed by atoms with Gasteiger partial charge in [-0.25, -0.2) is 4.39 Å². The first-order chi connectivity index (χ1) is 15.5. The molecule has 0 bridgehead atoms. The minimum Gasteiger partial charge on any atom is -0.493 e. The van der Waals surface area contributed by atoms with Crippen LogP contribution in [-0.2, 0) is 4.74 Å². The number of aryl methyl sites for hydroxylation is 1. The monoisotopic (exact) mass is 440 g/mol. The zero-order valence-corrected chi connectivity index (χ0v) is 18.4. The molecule has 2 aliphatic rings. The molecule has 6 nitrogen and oxygen atoms in total. The number of benzene rings is 2. The summed E-state index contributed by atoms with van der Waals surface area (Å²) in [4.78, 5) is 28.9. The Morgan fingerprint density at radius 1 is 1.00 bits per heavy atom. The van der Waals surface area contributed by atoms with Crippen molar-refractivity contribution in [1.29, 1.82) is 0 Å². The van der Waals surface area contributed by atoms with Gasteiger partial charge in [-0.05, 0) is 61.7 Å². The standard InChI is InChI=1S/C25H29FN2O4/c1-18-4-5-21(15-23(18)26)25(30)28-10-2-3-19(16-28)17-32-22-8-6-20(7-9-22)24(29)27-11-13-31-14-12-27/h4-9,15,19H,2-3,10-14,16-17H2,1H3/t19-/m0/s1. The zero-order valence-electron chi connectivity index (χ0n) is 18.4. The highest BCUT2D eigenvalue weighted by Gasteiger charge is 2.25. The largest absolute Gasteiger partial charge is 0.493 e. The number of piperidine rings is 1. The van der Waals surface area contributed by atoms with Gasteiger partial charge in [0.05, 0.1) is 19.8 Å². The van der Waals surface area contributed by atoms with Crippen LogP contribution < -0.4 is 4.74 Å². The van der Waals surface area contributed by atoms with Gasteiger partial charge in [0.25, 0.3) is 11.8 Å². The fourth-order valence-electron chi connectivity index (χ4n) is 4.15. The number of hydrogen-bond donors (Lipinski definition) is 0. The molecule has 2 aliphatic heterocycles. The third-order valence-corrected chi connectivity index (χ3v) is 6.11. The van der Waals surface area contributed by atoms with Crippen LogP contribution in [0.25, 0.3) is 0 Å². The molecule has 2 fully saturated rings. The summed E-state index contributed by atoms with van der Waals surface area (Å²) in [5.74, 6) is 0.418. The topological polar surface area (TPSA) is 59.1 Å². The lowest BCUT2D eigenvalue weighted by Gasteiger charge is -2.32. The van der Waals surface area contributed by atoms with Crippen molar-refractivity contribution in [2.24, 2.45) is 5.92 Å². The highest BCUT2D eigenvalue weighted by atomic mass is 19.1. The molecular weight excluding hydrogens is 411 g/mol. The lowest BCUT2D eigenvalue weighted by atomic mass is 9.98. The first-order valence-electron chi connectivity index (χ1n) is 11.2. The normalized spacial score (nSPS) is 19.0. The maximum atomic E-state index is 13.9. The van der Waals surface area contributed by atoms with Gasteiger partial charge < -0.3 is 19.3 Å². The van der Waals surface area contributed by atoms with Crippen molar-refractivity contribution in [1.82, 2.24) is 9.80 Å². The molecule has 2 aromatic rings. The number of morpholine rings is 1. The zero-order chi connectivity index (χ0) is 22.5. The van der Waals surface area contributed by atoms with E-state index in [-0.39, 0.29) is 23.5 Å². The predicted octanol–water partition coefficient (Wildman–Crippen LogP) is 3.54. The number of halogens is 1. The number of rotatable bonds is 5. The van der Waals surface area contributed by atoms with Crippen LogP contribution in [0.15, 0.2) is 42.5 Å². The Hall–Kier alpha value is -2.93. The van der Waals surface area contributed by atoms with Crippen molar-refractivity contribution in [3.63, 3.8) is 0 Å². The van der Waals surface area contributed by atoms with Crippen LogP contribution in [0.2, 0.25) is 0 Å². The summed E-state index contributed by atoms with van der Waals surface area (Å²) in [6, 6.07) is 11.8. The summed E-state index contributed by atoms with van der Waals surface area (Å²) in [6.45, 7) is 5.81. The van der Waals surface area contributed by atoms with Crippen molar-refractivity contribution in [3.05, 3.63) is 65.0 Å². The SMILES string of the molecule is Cc1ccc(C(=O)N2CCC[C@H](COc3ccc(C(=O)N4CCOCC4)cc3)C2)cc1F. The fraction of sp³-hybridized carbons (Fsp3) is 0.440. The molecule has 2 heterocycles. The molecule has 2 saturated heterocycles.